The van der Waals surface area contributed by atoms with Crippen molar-refractivity contribution in [2.24, 2.45) is 0 Å². The Morgan fingerprint density at radius 3 is 3.00 bits per heavy atom. The van der Waals surface area contributed by atoms with Crippen molar-refractivity contribution in [1.29, 1.82) is 0 Å². The normalized spacial score (nSPS) is 23.6. The number of nitrogens with zero attached hydrogens (tertiary/aromatic N) is 4. The molecular formula is C16H21N5O2S. The Hall–Kier alpha value is -1.80. The molecule has 0 aromatic carbocycles. The minimum Gasteiger partial charge on any atom is -0.342 e. The molecule has 4 rings (SSSR count). The number of hydrogen-bond donors (Lipinski definition) is 1. The molecule has 1 saturated heterocycles. The zero-order valence-electron chi connectivity index (χ0n) is 14.0. The SMILES string of the molecule is CC(=O)N[C@@]1(c2noc(C)n2)CCN(Cc2nc3c(s2)CCC3)C1. The van der Waals surface area contributed by atoms with Gasteiger partial charge in [-0.25, -0.2) is 4.98 Å². The first kappa shape index (κ1) is 15.7. The van der Waals surface area contributed by atoms with Crippen molar-refractivity contribution in [1.82, 2.24) is 25.3 Å². The Morgan fingerprint density at radius 2 is 2.29 bits per heavy atom. The van der Waals surface area contributed by atoms with E-state index in [1.165, 1.54) is 35.3 Å². The van der Waals surface area contributed by atoms with Crippen molar-refractivity contribution < 1.29 is 9.32 Å². The van der Waals surface area contributed by atoms with Gasteiger partial charge in [0.1, 0.15) is 10.5 Å². The van der Waals surface area contributed by atoms with Crippen LogP contribution >= 0.6 is 11.3 Å². The van der Waals surface area contributed by atoms with E-state index in [1.807, 2.05) is 11.3 Å². The fourth-order valence-electron chi connectivity index (χ4n) is 3.70. The molecule has 1 amide bonds. The molecule has 0 bridgehead atoms. The zero-order valence-corrected chi connectivity index (χ0v) is 14.8. The average Bonchev–Trinajstić information content (AvgIpc) is 3.23. The fourth-order valence-corrected chi connectivity index (χ4v) is 4.90. The third-order valence-electron chi connectivity index (χ3n) is 4.72. The third-order valence-corrected chi connectivity index (χ3v) is 5.86. The predicted molar refractivity (Wildman–Crippen MR) is 88.6 cm³/mol. The molecule has 1 aliphatic heterocycles. The van der Waals surface area contributed by atoms with E-state index in [2.05, 4.69) is 20.4 Å². The summed E-state index contributed by atoms with van der Waals surface area (Å²) < 4.78 is 5.14. The molecule has 7 nitrogen and oxygen atoms in total. The van der Waals surface area contributed by atoms with E-state index < -0.39 is 5.54 Å². The highest BCUT2D eigenvalue weighted by Crippen LogP contribution is 2.33. The number of rotatable bonds is 4. The summed E-state index contributed by atoms with van der Waals surface area (Å²) in [6, 6.07) is 0. The van der Waals surface area contributed by atoms with E-state index in [0.717, 1.165) is 25.9 Å². The Bertz CT molecular complexity index is 749. The molecule has 2 aromatic rings. The van der Waals surface area contributed by atoms with Gasteiger partial charge >= 0.3 is 0 Å². The van der Waals surface area contributed by atoms with Crippen LogP contribution in [0.2, 0.25) is 0 Å². The lowest BCUT2D eigenvalue weighted by Crippen LogP contribution is -2.47. The monoisotopic (exact) mass is 347 g/mol. The van der Waals surface area contributed by atoms with Crippen LogP contribution in [0.25, 0.3) is 0 Å². The number of amides is 1. The Kier molecular flexibility index (Phi) is 3.88. The second kappa shape index (κ2) is 5.93. The molecule has 1 atom stereocenters. The van der Waals surface area contributed by atoms with Crippen molar-refractivity contribution >= 4 is 17.2 Å². The van der Waals surface area contributed by atoms with Gasteiger partial charge in [-0.3, -0.25) is 9.69 Å². The summed E-state index contributed by atoms with van der Waals surface area (Å²) in [7, 11) is 0. The number of fused-ring (bicyclic) bond motifs is 1. The van der Waals surface area contributed by atoms with E-state index in [0.29, 0.717) is 18.3 Å². The molecule has 2 aliphatic rings. The van der Waals surface area contributed by atoms with Crippen molar-refractivity contribution in [3.63, 3.8) is 0 Å². The largest absolute Gasteiger partial charge is 0.342 e. The summed E-state index contributed by atoms with van der Waals surface area (Å²) in [5.41, 5.74) is 0.722. The molecule has 128 valence electrons. The Balaban J connectivity index is 1.52. The number of carbonyl (C=O) groups excluding carboxylic acids is 1. The molecule has 0 radical (unpaired) electrons. The standard InChI is InChI=1S/C16H21N5O2S/c1-10(22)19-16(15-17-11(2)23-20-15)6-7-21(9-16)8-14-18-12-4-3-5-13(12)24-14/h3-9H2,1-2H3,(H,19,22)/t16-/m0/s1. The first-order chi connectivity index (χ1) is 11.5. The van der Waals surface area contributed by atoms with Crippen LogP contribution in [0.5, 0.6) is 0 Å². The topological polar surface area (TPSA) is 84.2 Å². The molecule has 1 aliphatic carbocycles. The number of nitrogens with one attached hydrogen (secondary N) is 1. The Morgan fingerprint density at radius 1 is 1.42 bits per heavy atom. The van der Waals surface area contributed by atoms with Gasteiger partial charge in [-0.05, 0) is 25.7 Å². The molecule has 8 heteroatoms. The predicted octanol–water partition coefficient (Wildman–Crippen LogP) is 1.56. The van der Waals surface area contributed by atoms with E-state index in [9.17, 15) is 4.79 Å². The Labute approximate surface area is 144 Å². The van der Waals surface area contributed by atoms with Gasteiger partial charge in [0.25, 0.3) is 0 Å². The van der Waals surface area contributed by atoms with Crippen LogP contribution in [0.3, 0.4) is 0 Å². The molecular weight excluding hydrogens is 326 g/mol. The van der Waals surface area contributed by atoms with E-state index >= 15 is 0 Å². The van der Waals surface area contributed by atoms with Gasteiger partial charge in [0.05, 0.1) is 12.2 Å². The van der Waals surface area contributed by atoms with Crippen molar-refractivity contribution in [2.45, 2.75) is 51.6 Å². The highest BCUT2D eigenvalue weighted by atomic mass is 32.1. The van der Waals surface area contributed by atoms with Gasteiger partial charge in [0.2, 0.25) is 11.8 Å². The third kappa shape index (κ3) is 2.84. The summed E-state index contributed by atoms with van der Waals surface area (Å²) in [6.45, 7) is 5.66. The lowest BCUT2D eigenvalue weighted by atomic mass is 9.97. The van der Waals surface area contributed by atoms with Gasteiger partial charge < -0.3 is 9.84 Å². The first-order valence-corrected chi connectivity index (χ1v) is 9.15. The van der Waals surface area contributed by atoms with Crippen LogP contribution in [0.1, 0.15) is 47.1 Å². The molecule has 1 N–H and O–H groups in total. The maximum atomic E-state index is 11.7. The molecule has 2 aromatic heterocycles. The summed E-state index contributed by atoms with van der Waals surface area (Å²) in [6.07, 6.45) is 4.30. The molecule has 1 fully saturated rings. The second-order valence-electron chi connectivity index (χ2n) is 6.69. The number of likely N-dealkylation sites (tertiary alicyclic amines) is 1. The van der Waals surface area contributed by atoms with E-state index in [1.54, 1.807) is 6.92 Å². The molecule has 24 heavy (non-hydrogen) atoms. The zero-order chi connectivity index (χ0) is 16.7. The highest BCUT2D eigenvalue weighted by Gasteiger charge is 2.44. The quantitative estimate of drug-likeness (QED) is 0.904. The van der Waals surface area contributed by atoms with Crippen molar-refractivity contribution in [2.75, 3.05) is 13.1 Å². The van der Waals surface area contributed by atoms with E-state index in [4.69, 9.17) is 9.51 Å². The number of hydrogen-bond acceptors (Lipinski definition) is 7. The fraction of sp³-hybridized carbons (Fsp3) is 0.625. The minimum absolute atomic E-state index is 0.0764. The second-order valence-corrected chi connectivity index (χ2v) is 7.86. The van der Waals surface area contributed by atoms with Gasteiger partial charge in [-0.2, -0.15) is 4.98 Å². The number of thiazole rings is 1. The first-order valence-electron chi connectivity index (χ1n) is 8.33. The summed E-state index contributed by atoms with van der Waals surface area (Å²) >= 11 is 1.83. The summed E-state index contributed by atoms with van der Waals surface area (Å²) in [5, 5.41) is 8.29. The number of carbonyl (C=O) groups is 1. The van der Waals surface area contributed by atoms with Crippen LogP contribution in [-0.4, -0.2) is 39.0 Å². The minimum atomic E-state index is -0.566. The lowest BCUT2D eigenvalue weighted by Gasteiger charge is -2.26. The molecule has 0 unspecified atom stereocenters. The highest BCUT2D eigenvalue weighted by molar-refractivity contribution is 7.11. The van der Waals surface area contributed by atoms with Crippen LogP contribution in [-0.2, 0) is 29.7 Å². The average molecular weight is 347 g/mol. The molecule has 0 saturated carbocycles. The smallest absolute Gasteiger partial charge is 0.223 e. The van der Waals surface area contributed by atoms with Crippen LogP contribution in [0.15, 0.2) is 4.52 Å². The van der Waals surface area contributed by atoms with Crippen LogP contribution in [0, 0.1) is 6.92 Å². The summed E-state index contributed by atoms with van der Waals surface area (Å²) in [4.78, 5) is 24.6. The molecule has 0 spiro atoms. The van der Waals surface area contributed by atoms with Gasteiger partial charge in [-0.1, -0.05) is 5.16 Å². The molecule has 3 heterocycles. The number of aromatic nitrogens is 3. The van der Waals surface area contributed by atoms with E-state index in [-0.39, 0.29) is 5.91 Å². The lowest BCUT2D eigenvalue weighted by molar-refractivity contribution is -0.121. The van der Waals surface area contributed by atoms with Crippen LogP contribution < -0.4 is 5.32 Å². The van der Waals surface area contributed by atoms with Crippen molar-refractivity contribution in [3.8, 4) is 0 Å². The van der Waals surface area contributed by atoms with Gasteiger partial charge in [-0.15, -0.1) is 11.3 Å². The van der Waals surface area contributed by atoms with Crippen molar-refractivity contribution in [3.05, 3.63) is 27.3 Å². The number of aryl methyl sites for hydroxylation is 3. The maximum Gasteiger partial charge on any atom is 0.223 e. The van der Waals surface area contributed by atoms with Crippen LogP contribution in [0.4, 0.5) is 0 Å². The van der Waals surface area contributed by atoms with Gasteiger partial charge in [0.15, 0.2) is 5.82 Å². The summed E-state index contributed by atoms with van der Waals surface area (Å²) in [5.74, 6) is 1.01. The van der Waals surface area contributed by atoms with Gasteiger partial charge in [0, 0.05) is 31.8 Å². The maximum absolute atomic E-state index is 11.7.